The normalized spacial score (nSPS) is 17.9. The number of halogens is 2. The fourth-order valence-electron chi connectivity index (χ4n) is 3.38. The summed E-state index contributed by atoms with van der Waals surface area (Å²) in [6.07, 6.45) is 10.4. The van der Waals surface area contributed by atoms with E-state index >= 15 is 0 Å². The van der Waals surface area contributed by atoms with Crippen LogP contribution in [0.5, 0.6) is 0 Å². The zero-order chi connectivity index (χ0) is 15.1. The lowest BCUT2D eigenvalue weighted by Gasteiger charge is -2.27. The lowest BCUT2D eigenvalue weighted by Crippen LogP contribution is -2.34. The fraction of sp³-hybridized carbons (Fsp3) is 0.667. The van der Waals surface area contributed by atoms with Gasteiger partial charge in [0.15, 0.2) is 0 Å². The monoisotopic (exact) mass is 327 g/mol. The topological polar surface area (TPSA) is 12.0 Å². The molecule has 0 radical (unpaired) electrons. The molecule has 1 aliphatic rings. The van der Waals surface area contributed by atoms with Crippen molar-refractivity contribution in [1.29, 1.82) is 0 Å². The van der Waals surface area contributed by atoms with Crippen LogP contribution >= 0.6 is 23.2 Å². The van der Waals surface area contributed by atoms with E-state index in [1.807, 2.05) is 18.2 Å². The zero-order valence-corrected chi connectivity index (χ0v) is 14.5. The van der Waals surface area contributed by atoms with Crippen molar-refractivity contribution in [3.63, 3.8) is 0 Å². The van der Waals surface area contributed by atoms with Crippen LogP contribution in [0.2, 0.25) is 10.0 Å². The van der Waals surface area contributed by atoms with E-state index in [9.17, 15) is 0 Å². The smallest absolute Gasteiger partial charge is 0.0439 e. The minimum Gasteiger partial charge on any atom is -0.314 e. The Morgan fingerprint density at radius 2 is 1.95 bits per heavy atom. The van der Waals surface area contributed by atoms with Gasteiger partial charge in [-0.1, -0.05) is 62.2 Å². The standard InChI is InChI=1S/C18H27Cl2N/c1-2-10-21-17(11-14-6-4-3-5-7-14)13-15-12-16(19)8-9-18(15)20/h8-9,12,14,17,21H,2-7,10-11,13H2,1H3. The van der Waals surface area contributed by atoms with Crippen molar-refractivity contribution in [1.82, 2.24) is 5.32 Å². The third kappa shape index (κ3) is 5.81. The fourth-order valence-corrected chi connectivity index (χ4v) is 3.77. The van der Waals surface area contributed by atoms with Crippen molar-refractivity contribution in [2.24, 2.45) is 5.92 Å². The summed E-state index contributed by atoms with van der Waals surface area (Å²) in [5, 5.41) is 5.33. The highest BCUT2D eigenvalue weighted by Crippen LogP contribution is 2.29. The Labute approximate surface area is 139 Å². The van der Waals surface area contributed by atoms with Crippen molar-refractivity contribution < 1.29 is 0 Å². The molecule has 3 heteroatoms. The summed E-state index contributed by atoms with van der Waals surface area (Å²) < 4.78 is 0. The maximum atomic E-state index is 6.33. The van der Waals surface area contributed by atoms with Crippen LogP contribution in [0.4, 0.5) is 0 Å². The second-order valence-electron chi connectivity index (χ2n) is 6.33. The molecule has 1 aromatic rings. The predicted molar refractivity (Wildman–Crippen MR) is 93.4 cm³/mol. The second kappa shape index (κ2) is 9.02. The van der Waals surface area contributed by atoms with Gasteiger partial charge in [-0.2, -0.15) is 0 Å². The first-order valence-corrected chi connectivity index (χ1v) is 9.12. The van der Waals surface area contributed by atoms with Crippen molar-refractivity contribution in [3.8, 4) is 0 Å². The Bertz CT molecular complexity index is 427. The average molecular weight is 328 g/mol. The Morgan fingerprint density at radius 3 is 2.67 bits per heavy atom. The molecule has 0 spiro atoms. The van der Waals surface area contributed by atoms with Gasteiger partial charge in [0.05, 0.1) is 0 Å². The van der Waals surface area contributed by atoms with Gasteiger partial charge in [-0.15, -0.1) is 0 Å². The summed E-state index contributed by atoms with van der Waals surface area (Å²) in [7, 11) is 0. The van der Waals surface area contributed by atoms with Gasteiger partial charge in [0.25, 0.3) is 0 Å². The number of hydrogen-bond donors (Lipinski definition) is 1. The van der Waals surface area contributed by atoms with Crippen LogP contribution in [0.3, 0.4) is 0 Å². The van der Waals surface area contributed by atoms with Gasteiger partial charge < -0.3 is 5.32 Å². The first kappa shape index (κ1) is 17.1. The van der Waals surface area contributed by atoms with Crippen molar-refractivity contribution in [2.75, 3.05) is 6.54 Å². The molecule has 0 aliphatic heterocycles. The molecule has 1 saturated carbocycles. The molecular formula is C18H27Cl2N. The molecule has 0 aromatic heterocycles. The van der Waals surface area contributed by atoms with Gasteiger partial charge >= 0.3 is 0 Å². The molecule has 1 aliphatic carbocycles. The molecule has 1 N–H and O–H groups in total. The number of rotatable bonds is 7. The van der Waals surface area contributed by atoms with Gasteiger partial charge in [-0.3, -0.25) is 0 Å². The van der Waals surface area contributed by atoms with E-state index in [4.69, 9.17) is 23.2 Å². The highest BCUT2D eigenvalue weighted by molar-refractivity contribution is 6.33. The van der Waals surface area contributed by atoms with Crippen LogP contribution < -0.4 is 5.32 Å². The SMILES string of the molecule is CCCNC(Cc1cc(Cl)ccc1Cl)CC1CCCCC1. The summed E-state index contributed by atoms with van der Waals surface area (Å²) >= 11 is 12.4. The highest BCUT2D eigenvalue weighted by atomic mass is 35.5. The molecule has 0 saturated heterocycles. The molecular weight excluding hydrogens is 301 g/mol. The van der Waals surface area contributed by atoms with Crippen molar-refractivity contribution >= 4 is 23.2 Å². The van der Waals surface area contributed by atoms with E-state index in [0.717, 1.165) is 28.9 Å². The maximum Gasteiger partial charge on any atom is 0.0439 e. The van der Waals surface area contributed by atoms with E-state index in [2.05, 4.69) is 12.2 Å². The maximum absolute atomic E-state index is 6.33. The third-order valence-corrected chi connectivity index (χ3v) is 5.10. The lowest BCUT2D eigenvalue weighted by atomic mass is 9.83. The second-order valence-corrected chi connectivity index (χ2v) is 7.17. The quantitative estimate of drug-likeness (QED) is 0.659. The van der Waals surface area contributed by atoms with Crippen LogP contribution in [-0.2, 0) is 6.42 Å². The van der Waals surface area contributed by atoms with Gasteiger partial charge in [0.2, 0.25) is 0 Å². The third-order valence-electron chi connectivity index (χ3n) is 4.50. The first-order valence-electron chi connectivity index (χ1n) is 8.36. The summed E-state index contributed by atoms with van der Waals surface area (Å²) in [5.41, 5.74) is 1.17. The molecule has 0 amide bonds. The Morgan fingerprint density at radius 1 is 1.19 bits per heavy atom. The molecule has 1 nitrogen and oxygen atoms in total. The van der Waals surface area contributed by atoms with E-state index in [0.29, 0.717) is 6.04 Å². The summed E-state index contributed by atoms with van der Waals surface area (Å²) in [4.78, 5) is 0. The molecule has 1 unspecified atom stereocenters. The largest absolute Gasteiger partial charge is 0.314 e. The van der Waals surface area contributed by atoms with Crippen LogP contribution in [0.25, 0.3) is 0 Å². The average Bonchev–Trinajstić information content (AvgIpc) is 2.49. The summed E-state index contributed by atoms with van der Waals surface area (Å²) in [6.45, 7) is 3.30. The number of benzene rings is 1. The predicted octanol–water partition coefficient (Wildman–Crippen LogP) is 5.87. The Balaban J connectivity index is 1.98. The van der Waals surface area contributed by atoms with Gasteiger partial charge in [0, 0.05) is 16.1 Å². The number of hydrogen-bond acceptors (Lipinski definition) is 1. The molecule has 0 bridgehead atoms. The van der Waals surface area contributed by atoms with E-state index < -0.39 is 0 Å². The van der Waals surface area contributed by atoms with E-state index in [1.165, 1.54) is 50.5 Å². The molecule has 1 fully saturated rings. The van der Waals surface area contributed by atoms with Crippen LogP contribution in [0.15, 0.2) is 18.2 Å². The molecule has 1 atom stereocenters. The molecule has 0 heterocycles. The summed E-state index contributed by atoms with van der Waals surface area (Å²) in [6, 6.07) is 6.31. The number of nitrogens with one attached hydrogen (secondary N) is 1. The minimum atomic E-state index is 0.518. The minimum absolute atomic E-state index is 0.518. The van der Waals surface area contributed by atoms with Crippen LogP contribution in [-0.4, -0.2) is 12.6 Å². The highest BCUT2D eigenvalue weighted by Gasteiger charge is 2.19. The molecule has 2 rings (SSSR count). The van der Waals surface area contributed by atoms with Gasteiger partial charge in [0.1, 0.15) is 0 Å². The van der Waals surface area contributed by atoms with Gasteiger partial charge in [-0.25, -0.2) is 0 Å². The molecule has 21 heavy (non-hydrogen) atoms. The van der Waals surface area contributed by atoms with Crippen molar-refractivity contribution in [2.45, 2.75) is 64.3 Å². The van der Waals surface area contributed by atoms with Crippen molar-refractivity contribution in [3.05, 3.63) is 33.8 Å². The van der Waals surface area contributed by atoms with E-state index in [-0.39, 0.29) is 0 Å². The zero-order valence-electron chi connectivity index (χ0n) is 13.0. The Hall–Kier alpha value is -0.240. The van der Waals surface area contributed by atoms with Crippen LogP contribution in [0.1, 0.15) is 57.4 Å². The summed E-state index contributed by atoms with van der Waals surface area (Å²) in [5.74, 6) is 0.881. The van der Waals surface area contributed by atoms with E-state index in [1.54, 1.807) is 0 Å². The lowest BCUT2D eigenvalue weighted by molar-refractivity contribution is 0.296. The first-order chi connectivity index (χ1) is 10.2. The molecule has 118 valence electrons. The Kier molecular flexibility index (Phi) is 7.36. The van der Waals surface area contributed by atoms with Crippen LogP contribution in [0, 0.1) is 5.92 Å². The molecule has 1 aromatic carbocycles. The van der Waals surface area contributed by atoms with Gasteiger partial charge in [-0.05, 0) is 55.5 Å².